The van der Waals surface area contributed by atoms with Crippen LogP contribution in [0.3, 0.4) is 0 Å². The van der Waals surface area contributed by atoms with Crippen molar-refractivity contribution in [2.75, 3.05) is 6.26 Å². The van der Waals surface area contributed by atoms with Gasteiger partial charge >= 0.3 is 6.18 Å². The molecule has 0 saturated heterocycles. The van der Waals surface area contributed by atoms with Gasteiger partial charge in [-0.15, -0.1) is 11.8 Å². The Morgan fingerprint density at radius 3 is 2.62 bits per heavy atom. The molecule has 0 saturated carbocycles. The van der Waals surface area contributed by atoms with E-state index in [9.17, 15) is 27.9 Å². The fourth-order valence-corrected chi connectivity index (χ4v) is 3.24. The summed E-state index contributed by atoms with van der Waals surface area (Å²) in [7, 11) is 0. The molecule has 1 unspecified atom stereocenters. The molecule has 1 amide bonds. The number of benzene rings is 2. The van der Waals surface area contributed by atoms with Crippen LogP contribution in [0.4, 0.5) is 13.2 Å². The third kappa shape index (κ3) is 3.99. The molecule has 0 bridgehead atoms. The summed E-state index contributed by atoms with van der Waals surface area (Å²) in [5.41, 5.74) is -4.51. The number of rotatable bonds is 5. The number of para-hydroxylation sites is 1. The molecule has 29 heavy (non-hydrogen) atoms. The number of hydrogen-bond donors (Lipinski definition) is 3. The van der Waals surface area contributed by atoms with Crippen molar-refractivity contribution in [3.63, 3.8) is 0 Å². The Balaban J connectivity index is 1.91. The monoisotopic (exact) mass is 423 g/mol. The summed E-state index contributed by atoms with van der Waals surface area (Å²) in [5.74, 6) is -1.71. The van der Waals surface area contributed by atoms with Gasteiger partial charge in [0, 0.05) is 10.5 Å². The van der Waals surface area contributed by atoms with Crippen molar-refractivity contribution < 1.29 is 23.1 Å². The maximum absolute atomic E-state index is 13.7. The van der Waals surface area contributed by atoms with Crippen LogP contribution in [-0.2, 0) is 16.9 Å². The molecular formula is C19H16F3N3O3S. The summed E-state index contributed by atoms with van der Waals surface area (Å²) >= 11 is 1.17. The van der Waals surface area contributed by atoms with Crippen LogP contribution in [0.15, 0.2) is 58.2 Å². The maximum atomic E-state index is 13.7. The van der Waals surface area contributed by atoms with Crippen LogP contribution in [0, 0.1) is 0 Å². The molecule has 0 spiro atoms. The van der Waals surface area contributed by atoms with Gasteiger partial charge in [0.1, 0.15) is 5.82 Å². The predicted molar refractivity (Wildman–Crippen MR) is 102 cm³/mol. The second-order valence-electron chi connectivity index (χ2n) is 6.15. The normalized spacial score (nSPS) is 13.8. The Morgan fingerprint density at radius 1 is 1.21 bits per heavy atom. The molecular weight excluding hydrogens is 407 g/mol. The Morgan fingerprint density at radius 2 is 1.93 bits per heavy atom. The Bertz CT molecular complexity index is 1120. The maximum Gasteiger partial charge on any atom is 0.430 e. The number of halogens is 3. The SMILES string of the molecule is CSc1cccc(C(O)(C(=O)NCc2nc3ccccc3c(=O)[nH]2)C(F)(F)F)c1. The van der Waals surface area contributed by atoms with Crippen molar-refractivity contribution in [3.8, 4) is 0 Å². The molecule has 1 heterocycles. The minimum absolute atomic E-state index is 0.0376. The molecule has 10 heteroatoms. The van der Waals surface area contributed by atoms with Crippen molar-refractivity contribution in [1.82, 2.24) is 15.3 Å². The molecule has 2 aromatic carbocycles. The van der Waals surface area contributed by atoms with Crippen molar-refractivity contribution >= 4 is 28.6 Å². The summed E-state index contributed by atoms with van der Waals surface area (Å²) < 4.78 is 41.0. The van der Waals surface area contributed by atoms with E-state index in [2.05, 4.69) is 9.97 Å². The molecule has 3 rings (SSSR count). The van der Waals surface area contributed by atoms with Gasteiger partial charge in [0.25, 0.3) is 17.1 Å². The minimum atomic E-state index is -5.27. The van der Waals surface area contributed by atoms with Crippen molar-refractivity contribution in [3.05, 3.63) is 70.3 Å². The average Bonchev–Trinajstić information content (AvgIpc) is 2.70. The van der Waals surface area contributed by atoms with Gasteiger partial charge in [0.15, 0.2) is 0 Å². The van der Waals surface area contributed by atoms with Gasteiger partial charge in [-0.1, -0.05) is 24.3 Å². The van der Waals surface area contributed by atoms with E-state index >= 15 is 0 Å². The van der Waals surface area contributed by atoms with Crippen LogP contribution in [0.5, 0.6) is 0 Å². The number of nitrogens with zero attached hydrogens (tertiary/aromatic N) is 1. The number of carbonyl (C=O) groups excluding carboxylic acids is 1. The van der Waals surface area contributed by atoms with Crippen LogP contribution in [-0.4, -0.2) is 33.4 Å². The number of aromatic amines is 1. The van der Waals surface area contributed by atoms with Crippen LogP contribution in [0.2, 0.25) is 0 Å². The van der Waals surface area contributed by atoms with Crippen LogP contribution in [0.25, 0.3) is 10.9 Å². The smallest absolute Gasteiger partial charge is 0.369 e. The van der Waals surface area contributed by atoms with Gasteiger partial charge in [-0.2, -0.15) is 13.2 Å². The number of thioether (sulfide) groups is 1. The number of hydrogen-bond acceptors (Lipinski definition) is 5. The third-order valence-corrected chi connectivity index (χ3v) is 5.03. The highest BCUT2D eigenvalue weighted by molar-refractivity contribution is 7.98. The first-order chi connectivity index (χ1) is 13.7. The van der Waals surface area contributed by atoms with Crippen LogP contribution < -0.4 is 10.9 Å². The second kappa shape index (κ2) is 7.88. The average molecular weight is 423 g/mol. The summed E-state index contributed by atoms with van der Waals surface area (Å²) in [5, 5.41) is 12.7. The highest BCUT2D eigenvalue weighted by Gasteiger charge is 2.60. The third-order valence-electron chi connectivity index (χ3n) is 4.30. The van der Waals surface area contributed by atoms with Gasteiger partial charge in [0.05, 0.1) is 17.4 Å². The number of aromatic nitrogens is 2. The first-order valence-corrected chi connectivity index (χ1v) is 9.59. The quantitative estimate of drug-likeness (QED) is 0.549. The van der Waals surface area contributed by atoms with E-state index in [0.29, 0.717) is 15.8 Å². The lowest BCUT2D eigenvalue weighted by Gasteiger charge is -2.29. The Kier molecular flexibility index (Phi) is 5.67. The topological polar surface area (TPSA) is 95.1 Å². The fourth-order valence-electron chi connectivity index (χ4n) is 2.78. The Labute approximate surface area is 167 Å². The molecule has 0 fully saturated rings. The molecule has 0 aliphatic rings. The lowest BCUT2D eigenvalue weighted by molar-refractivity contribution is -0.257. The summed E-state index contributed by atoms with van der Waals surface area (Å²) in [6, 6.07) is 11.4. The number of amides is 1. The largest absolute Gasteiger partial charge is 0.430 e. The minimum Gasteiger partial charge on any atom is -0.369 e. The molecule has 1 aromatic heterocycles. The molecule has 0 radical (unpaired) electrons. The zero-order valence-electron chi connectivity index (χ0n) is 15.1. The summed E-state index contributed by atoms with van der Waals surface area (Å²) in [6.07, 6.45) is -3.61. The van der Waals surface area contributed by atoms with E-state index < -0.39 is 35.4 Å². The molecule has 0 aliphatic carbocycles. The van der Waals surface area contributed by atoms with E-state index in [1.807, 2.05) is 5.32 Å². The number of nitrogens with one attached hydrogen (secondary N) is 2. The number of H-pyrrole nitrogens is 1. The van der Waals surface area contributed by atoms with Gasteiger partial charge in [-0.25, -0.2) is 4.98 Å². The molecule has 152 valence electrons. The molecule has 0 aliphatic heterocycles. The molecule has 6 nitrogen and oxygen atoms in total. The Hall–Kier alpha value is -2.85. The second-order valence-corrected chi connectivity index (χ2v) is 7.03. The van der Waals surface area contributed by atoms with Crippen LogP contribution >= 0.6 is 11.8 Å². The molecule has 1 atom stereocenters. The standard InChI is InChI=1S/C19H16F3N3O3S/c1-29-12-6-4-5-11(9-12)18(28,19(20,21)22)17(27)23-10-15-24-14-8-3-2-7-13(14)16(26)25-15/h2-9,28H,10H2,1H3,(H,23,27)(H,24,25,26). The van der Waals surface area contributed by atoms with E-state index in [4.69, 9.17) is 0 Å². The highest BCUT2D eigenvalue weighted by Crippen LogP contribution is 2.40. The van der Waals surface area contributed by atoms with Gasteiger partial charge in [0.2, 0.25) is 0 Å². The molecule has 3 N–H and O–H groups in total. The van der Waals surface area contributed by atoms with E-state index in [0.717, 1.165) is 12.1 Å². The van der Waals surface area contributed by atoms with Crippen molar-refractivity contribution in [1.29, 1.82) is 0 Å². The molecule has 3 aromatic rings. The van der Waals surface area contributed by atoms with Gasteiger partial charge in [-0.05, 0) is 30.5 Å². The lowest BCUT2D eigenvalue weighted by Crippen LogP contribution is -2.54. The fraction of sp³-hybridized carbons (Fsp3) is 0.211. The summed E-state index contributed by atoms with van der Waals surface area (Å²) in [4.78, 5) is 31.5. The zero-order chi connectivity index (χ0) is 21.2. The number of aliphatic hydroxyl groups is 1. The zero-order valence-corrected chi connectivity index (χ0v) is 15.9. The number of fused-ring (bicyclic) bond motifs is 1. The van der Waals surface area contributed by atoms with Gasteiger partial charge < -0.3 is 15.4 Å². The van der Waals surface area contributed by atoms with Crippen LogP contribution in [0.1, 0.15) is 11.4 Å². The van der Waals surface area contributed by atoms with Crippen molar-refractivity contribution in [2.24, 2.45) is 0 Å². The van der Waals surface area contributed by atoms with E-state index in [-0.39, 0.29) is 5.82 Å². The van der Waals surface area contributed by atoms with Gasteiger partial charge in [-0.3, -0.25) is 9.59 Å². The van der Waals surface area contributed by atoms with Crippen molar-refractivity contribution in [2.45, 2.75) is 23.2 Å². The number of carbonyl (C=O) groups is 1. The van der Waals surface area contributed by atoms with E-state index in [1.54, 1.807) is 36.6 Å². The summed E-state index contributed by atoms with van der Waals surface area (Å²) in [6.45, 7) is -0.500. The highest BCUT2D eigenvalue weighted by atomic mass is 32.2. The first kappa shape index (κ1) is 20.9. The number of alkyl halides is 3. The predicted octanol–water partition coefficient (Wildman–Crippen LogP) is 2.71. The van der Waals surface area contributed by atoms with E-state index in [1.165, 1.54) is 17.8 Å². The lowest BCUT2D eigenvalue weighted by atomic mass is 9.92. The first-order valence-electron chi connectivity index (χ1n) is 8.36.